The van der Waals surface area contributed by atoms with Crippen molar-refractivity contribution in [2.24, 2.45) is 0 Å². The topological polar surface area (TPSA) is 84.2 Å². The number of amides is 1. The first-order chi connectivity index (χ1) is 11.7. The predicted molar refractivity (Wildman–Crippen MR) is 81.4 cm³/mol. The van der Waals surface area contributed by atoms with Crippen LogP contribution in [0.2, 0.25) is 0 Å². The lowest BCUT2D eigenvalue weighted by atomic mass is 9.87. The average Bonchev–Trinajstić information content (AvgIpc) is 3.02. The highest BCUT2D eigenvalue weighted by Gasteiger charge is 2.40. The number of halogens is 3. The number of carbonyl (C=O) groups excluding carboxylic acids is 1. The monoisotopic (exact) mass is 355 g/mol. The molecule has 1 aromatic heterocycles. The Bertz CT molecular complexity index is 759. The molecule has 25 heavy (non-hydrogen) atoms. The fourth-order valence-electron chi connectivity index (χ4n) is 2.44. The number of alkyl halides is 3. The zero-order valence-corrected chi connectivity index (χ0v) is 13.2. The van der Waals surface area contributed by atoms with Gasteiger partial charge in [-0.05, 0) is 18.1 Å². The highest BCUT2D eigenvalue weighted by Crippen LogP contribution is 2.27. The van der Waals surface area contributed by atoms with Gasteiger partial charge in [0.2, 0.25) is 5.91 Å². The molecule has 2 aromatic rings. The fourth-order valence-corrected chi connectivity index (χ4v) is 2.44. The standard InChI is InChI=1S/C16H16F3N3O3/c1-2-15(14(24)25,11-6-4-3-5-7-11)20-13(23)10-22-9-8-12(21-22)16(17,18)19/h3-9H,2,10H2,1H3,(H,20,23)(H,24,25). The maximum atomic E-state index is 12.5. The van der Waals surface area contributed by atoms with E-state index in [9.17, 15) is 27.9 Å². The number of nitrogens with zero attached hydrogens (tertiary/aromatic N) is 2. The van der Waals surface area contributed by atoms with Crippen molar-refractivity contribution in [3.8, 4) is 0 Å². The van der Waals surface area contributed by atoms with E-state index in [1.165, 1.54) is 0 Å². The summed E-state index contributed by atoms with van der Waals surface area (Å²) in [6.07, 6.45) is -3.54. The molecule has 0 radical (unpaired) electrons. The van der Waals surface area contributed by atoms with Gasteiger partial charge in [0.1, 0.15) is 6.54 Å². The Balaban J connectivity index is 2.21. The Morgan fingerprint density at radius 1 is 1.20 bits per heavy atom. The number of nitrogens with one attached hydrogen (secondary N) is 1. The molecule has 0 saturated carbocycles. The van der Waals surface area contributed by atoms with Crippen LogP contribution >= 0.6 is 0 Å². The molecule has 0 spiro atoms. The quantitative estimate of drug-likeness (QED) is 0.833. The van der Waals surface area contributed by atoms with Crippen LogP contribution in [0.1, 0.15) is 24.6 Å². The van der Waals surface area contributed by atoms with Gasteiger partial charge in [0, 0.05) is 6.20 Å². The van der Waals surface area contributed by atoms with Crippen molar-refractivity contribution in [3.05, 3.63) is 53.9 Å². The predicted octanol–water partition coefficient (Wildman–Crippen LogP) is 2.41. The molecule has 1 unspecified atom stereocenters. The zero-order valence-electron chi connectivity index (χ0n) is 13.2. The second kappa shape index (κ2) is 6.96. The highest BCUT2D eigenvalue weighted by molar-refractivity contribution is 5.88. The summed E-state index contributed by atoms with van der Waals surface area (Å²) in [5, 5.41) is 15.3. The van der Waals surface area contributed by atoms with Gasteiger partial charge in [-0.2, -0.15) is 18.3 Å². The molecule has 0 aliphatic carbocycles. The molecule has 2 rings (SSSR count). The number of rotatable bonds is 6. The molecule has 0 bridgehead atoms. The van der Waals surface area contributed by atoms with Crippen molar-refractivity contribution in [2.75, 3.05) is 0 Å². The Labute approximate surface area is 141 Å². The van der Waals surface area contributed by atoms with Crippen molar-refractivity contribution in [1.82, 2.24) is 15.1 Å². The number of carboxylic acid groups (broad SMARTS) is 1. The SMILES string of the molecule is CCC(NC(=O)Cn1ccc(C(F)(F)F)n1)(C(=O)O)c1ccccc1. The van der Waals surface area contributed by atoms with Crippen LogP contribution in [-0.2, 0) is 27.8 Å². The number of carboxylic acids is 1. The van der Waals surface area contributed by atoms with Gasteiger partial charge in [0.25, 0.3) is 0 Å². The van der Waals surface area contributed by atoms with Crippen LogP contribution < -0.4 is 5.32 Å². The number of hydrogen-bond donors (Lipinski definition) is 2. The van der Waals surface area contributed by atoms with Crippen LogP contribution in [-0.4, -0.2) is 26.8 Å². The Hall–Kier alpha value is -2.84. The third kappa shape index (κ3) is 3.98. The summed E-state index contributed by atoms with van der Waals surface area (Å²) in [5.41, 5.74) is -2.42. The van der Waals surface area contributed by atoms with Gasteiger partial charge in [0.15, 0.2) is 11.2 Å². The summed E-state index contributed by atoms with van der Waals surface area (Å²) in [4.78, 5) is 24.0. The highest BCUT2D eigenvalue weighted by atomic mass is 19.4. The van der Waals surface area contributed by atoms with E-state index in [-0.39, 0.29) is 6.42 Å². The second-order valence-electron chi connectivity index (χ2n) is 5.37. The van der Waals surface area contributed by atoms with Crippen LogP contribution in [0.5, 0.6) is 0 Å². The normalized spacial score (nSPS) is 13.9. The maximum absolute atomic E-state index is 12.5. The third-order valence-electron chi connectivity index (χ3n) is 3.75. The fraction of sp³-hybridized carbons (Fsp3) is 0.312. The van der Waals surface area contributed by atoms with E-state index in [1.807, 2.05) is 0 Å². The smallest absolute Gasteiger partial charge is 0.435 e. The summed E-state index contributed by atoms with van der Waals surface area (Å²) in [6.45, 7) is 1.06. The lowest BCUT2D eigenvalue weighted by Gasteiger charge is -2.30. The average molecular weight is 355 g/mol. The van der Waals surface area contributed by atoms with Gasteiger partial charge in [-0.25, -0.2) is 4.79 Å². The summed E-state index contributed by atoms with van der Waals surface area (Å²) >= 11 is 0. The number of aliphatic carboxylic acids is 1. The largest absolute Gasteiger partial charge is 0.479 e. The third-order valence-corrected chi connectivity index (χ3v) is 3.75. The van der Waals surface area contributed by atoms with Crippen LogP contribution in [0.3, 0.4) is 0 Å². The van der Waals surface area contributed by atoms with Gasteiger partial charge in [0.05, 0.1) is 0 Å². The molecule has 1 aromatic carbocycles. The minimum atomic E-state index is -4.61. The molecular formula is C16H16F3N3O3. The van der Waals surface area contributed by atoms with Crippen molar-refractivity contribution >= 4 is 11.9 Å². The molecule has 1 heterocycles. The minimum Gasteiger partial charge on any atom is -0.479 e. The van der Waals surface area contributed by atoms with Crippen molar-refractivity contribution in [2.45, 2.75) is 31.6 Å². The van der Waals surface area contributed by atoms with Gasteiger partial charge < -0.3 is 10.4 Å². The second-order valence-corrected chi connectivity index (χ2v) is 5.37. The van der Waals surface area contributed by atoms with Crippen molar-refractivity contribution < 1.29 is 27.9 Å². The van der Waals surface area contributed by atoms with E-state index in [2.05, 4.69) is 10.4 Å². The molecule has 134 valence electrons. The van der Waals surface area contributed by atoms with Gasteiger partial charge in [-0.3, -0.25) is 9.48 Å². The van der Waals surface area contributed by atoms with E-state index in [1.54, 1.807) is 37.3 Å². The van der Waals surface area contributed by atoms with Crippen LogP contribution in [0, 0.1) is 0 Å². The first-order valence-electron chi connectivity index (χ1n) is 7.39. The molecule has 6 nitrogen and oxygen atoms in total. The first kappa shape index (κ1) is 18.5. The Kier molecular flexibility index (Phi) is 5.15. The molecule has 0 saturated heterocycles. The van der Waals surface area contributed by atoms with E-state index in [4.69, 9.17) is 0 Å². The van der Waals surface area contributed by atoms with E-state index in [0.29, 0.717) is 5.56 Å². The summed E-state index contributed by atoms with van der Waals surface area (Å²) in [5.74, 6) is -2.02. The number of hydrogen-bond acceptors (Lipinski definition) is 3. The summed E-state index contributed by atoms with van der Waals surface area (Å²) in [7, 11) is 0. The van der Waals surface area contributed by atoms with E-state index >= 15 is 0 Å². The van der Waals surface area contributed by atoms with Crippen LogP contribution in [0.4, 0.5) is 13.2 Å². The molecule has 1 atom stereocenters. The minimum absolute atomic E-state index is 0.0605. The molecule has 9 heteroatoms. The van der Waals surface area contributed by atoms with Gasteiger partial charge in [-0.1, -0.05) is 37.3 Å². The molecule has 0 aliphatic heterocycles. The summed E-state index contributed by atoms with van der Waals surface area (Å²) in [6, 6.07) is 8.85. The first-order valence-corrected chi connectivity index (χ1v) is 7.39. The van der Waals surface area contributed by atoms with Crippen molar-refractivity contribution in [3.63, 3.8) is 0 Å². The maximum Gasteiger partial charge on any atom is 0.435 e. The lowest BCUT2D eigenvalue weighted by Crippen LogP contribution is -2.52. The number of benzene rings is 1. The Morgan fingerprint density at radius 2 is 1.84 bits per heavy atom. The molecule has 2 N–H and O–H groups in total. The summed E-state index contributed by atoms with van der Waals surface area (Å²) < 4.78 is 38.4. The molecule has 0 aliphatic rings. The number of carbonyl (C=O) groups is 2. The van der Waals surface area contributed by atoms with Gasteiger partial charge in [-0.15, -0.1) is 0 Å². The van der Waals surface area contributed by atoms with Gasteiger partial charge >= 0.3 is 12.1 Å². The van der Waals surface area contributed by atoms with E-state index < -0.39 is 35.8 Å². The van der Waals surface area contributed by atoms with Crippen LogP contribution in [0.25, 0.3) is 0 Å². The molecular weight excluding hydrogens is 339 g/mol. The van der Waals surface area contributed by atoms with Crippen LogP contribution in [0.15, 0.2) is 42.6 Å². The lowest BCUT2D eigenvalue weighted by molar-refractivity contribution is -0.148. The molecule has 1 amide bonds. The van der Waals surface area contributed by atoms with Crippen molar-refractivity contribution in [1.29, 1.82) is 0 Å². The number of aromatic nitrogens is 2. The zero-order chi connectivity index (χ0) is 18.7. The van der Waals surface area contributed by atoms with E-state index in [0.717, 1.165) is 16.9 Å². The molecule has 0 fully saturated rings. The Morgan fingerprint density at radius 3 is 2.32 bits per heavy atom.